The number of carbonyl (C=O) groups excluding carboxylic acids is 1. The molecule has 1 fully saturated rings. The molecule has 1 aliphatic carbocycles. The molecule has 13 nitrogen and oxygen atoms in total. The van der Waals surface area contributed by atoms with Crippen LogP contribution in [0.5, 0.6) is 11.5 Å². The van der Waals surface area contributed by atoms with Gasteiger partial charge in [0.05, 0.1) is 11.9 Å². The predicted octanol–water partition coefficient (Wildman–Crippen LogP) is 1.17. The summed E-state index contributed by atoms with van der Waals surface area (Å²) in [7, 11) is 1.99. The summed E-state index contributed by atoms with van der Waals surface area (Å²) in [5.41, 5.74) is 9.05. The lowest BCUT2D eigenvalue weighted by Crippen LogP contribution is -2.34. The van der Waals surface area contributed by atoms with Gasteiger partial charge in [0.1, 0.15) is 11.5 Å². The number of hydrogen-bond acceptors (Lipinski definition) is 11. The summed E-state index contributed by atoms with van der Waals surface area (Å²) in [6, 6.07) is 4.40. The van der Waals surface area contributed by atoms with E-state index in [4.69, 9.17) is 5.73 Å². The number of hydrazone groups is 1. The van der Waals surface area contributed by atoms with E-state index in [0.717, 1.165) is 12.8 Å². The molecule has 1 aromatic carbocycles. The van der Waals surface area contributed by atoms with Crippen LogP contribution in [-0.2, 0) is 6.54 Å². The maximum atomic E-state index is 12.9. The second-order valence-electron chi connectivity index (χ2n) is 7.92. The molecule has 0 bridgehead atoms. The fraction of sp³-hybridized carbons (Fsp3) is 0.400. The highest BCUT2D eigenvalue weighted by Crippen LogP contribution is 2.25. The van der Waals surface area contributed by atoms with Crippen molar-refractivity contribution in [3.8, 4) is 17.3 Å². The molecule has 0 radical (unpaired) electrons. The topological polar surface area (TPSA) is 181 Å². The van der Waals surface area contributed by atoms with Crippen LogP contribution in [0.25, 0.3) is 5.82 Å². The van der Waals surface area contributed by atoms with Gasteiger partial charge in [-0.2, -0.15) is 9.78 Å². The minimum absolute atomic E-state index is 0.0225. The largest absolute Gasteiger partial charge is 0.508 e. The molecule has 33 heavy (non-hydrogen) atoms. The molecule has 4 rings (SSSR count). The van der Waals surface area contributed by atoms with E-state index in [-0.39, 0.29) is 28.8 Å². The van der Waals surface area contributed by atoms with E-state index < -0.39 is 5.91 Å². The zero-order valence-electron chi connectivity index (χ0n) is 18.0. The number of phenolic OH excluding ortho intramolecular Hbond substituents is 2. The maximum absolute atomic E-state index is 12.9. The average molecular weight is 455 g/mol. The first kappa shape index (κ1) is 22.2. The molecule has 1 aliphatic rings. The van der Waals surface area contributed by atoms with E-state index in [1.165, 1.54) is 48.4 Å². The van der Waals surface area contributed by atoms with E-state index in [1.54, 1.807) is 0 Å². The first-order valence-corrected chi connectivity index (χ1v) is 10.5. The van der Waals surface area contributed by atoms with Gasteiger partial charge in [-0.05, 0) is 42.3 Å². The van der Waals surface area contributed by atoms with Crippen LogP contribution in [-0.4, -0.2) is 65.6 Å². The van der Waals surface area contributed by atoms with Crippen LogP contribution in [0, 0.1) is 0 Å². The molecular formula is C20H25N9O4. The molecule has 1 saturated carbocycles. The Morgan fingerprint density at radius 1 is 1.33 bits per heavy atom. The summed E-state index contributed by atoms with van der Waals surface area (Å²) in [6.45, 7) is 0.370. The number of rotatable bonds is 7. The number of phenols is 2. The summed E-state index contributed by atoms with van der Waals surface area (Å²) >= 11 is 0. The molecule has 1 amide bonds. The van der Waals surface area contributed by atoms with E-state index in [2.05, 4.69) is 40.7 Å². The highest BCUT2D eigenvalue weighted by molar-refractivity contribution is 5.94. The van der Waals surface area contributed by atoms with Crippen molar-refractivity contribution in [3.63, 3.8) is 0 Å². The number of nitrogens with two attached hydrogens (primary N) is 1. The Labute approximate surface area is 188 Å². The zero-order valence-corrected chi connectivity index (χ0v) is 18.0. The summed E-state index contributed by atoms with van der Waals surface area (Å²) < 4.78 is 6.03. The summed E-state index contributed by atoms with van der Waals surface area (Å²) in [5, 5.41) is 38.5. The number of amides is 1. The van der Waals surface area contributed by atoms with Crippen molar-refractivity contribution < 1.29 is 19.6 Å². The van der Waals surface area contributed by atoms with Gasteiger partial charge in [-0.3, -0.25) is 9.69 Å². The Kier molecular flexibility index (Phi) is 6.49. The third-order valence-corrected chi connectivity index (χ3v) is 5.66. The standard InChI is InChI=1S/C20H25N9O4/c1-28(13-5-3-2-4-6-13)11-15-17(23-27-29(15)19-18(21)25-33-26-19)20(32)24-22-10-12-7-8-14(30)9-16(12)31/h7-10,13,30-31H,2-6,11H2,1H3,(H2,21,25)(H,24,32). The van der Waals surface area contributed by atoms with Crippen molar-refractivity contribution in [2.24, 2.45) is 5.10 Å². The number of benzene rings is 1. The number of aromatic hydroxyl groups is 2. The number of carbonyl (C=O) groups is 1. The molecule has 13 heteroatoms. The first-order chi connectivity index (χ1) is 15.9. The molecule has 0 spiro atoms. The Hall–Kier alpha value is -4.00. The van der Waals surface area contributed by atoms with Crippen LogP contribution in [0.4, 0.5) is 5.82 Å². The van der Waals surface area contributed by atoms with Gasteiger partial charge in [-0.15, -0.1) is 5.10 Å². The third-order valence-electron chi connectivity index (χ3n) is 5.66. The molecule has 0 aliphatic heterocycles. The molecule has 0 saturated heterocycles. The zero-order chi connectivity index (χ0) is 23.4. The monoisotopic (exact) mass is 455 g/mol. The third kappa shape index (κ3) is 4.92. The second kappa shape index (κ2) is 9.65. The number of aromatic nitrogens is 5. The van der Waals surface area contributed by atoms with E-state index >= 15 is 0 Å². The summed E-state index contributed by atoms with van der Waals surface area (Å²) in [4.78, 5) is 15.0. The van der Waals surface area contributed by atoms with Crippen molar-refractivity contribution in [1.29, 1.82) is 0 Å². The minimum Gasteiger partial charge on any atom is -0.508 e. The van der Waals surface area contributed by atoms with E-state index in [1.807, 2.05) is 7.05 Å². The van der Waals surface area contributed by atoms with Gasteiger partial charge >= 0.3 is 0 Å². The fourth-order valence-electron chi connectivity index (χ4n) is 3.87. The molecule has 2 heterocycles. The maximum Gasteiger partial charge on any atom is 0.293 e. The Bertz CT molecular complexity index is 1150. The summed E-state index contributed by atoms with van der Waals surface area (Å²) in [6.07, 6.45) is 6.97. The molecule has 0 atom stereocenters. The lowest BCUT2D eigenvalue weighted by Gasteiger charge is -2.31. The van der Waals surface area contributed by atoms with Crippen LogP contribution in [0.3, 0.4) is 0 Å². The Morgan fingerprint density at radius 2 is 2.12 bits per heavy atom. The number of nitrogen functional groups attached to an aromatic ring is 1. The normalized spacial score (nSPS) is 14.8. The molecule has 2 aromatic heterocycles. The predicted molar refractivity (Wildman–Crippen MR) is 117 cm³/mol. The second-order valence-corrected chi connectivity index (χ2v) is 7.92. The van der Waals surface area contributed by atoms with Crippen LogP contribution in [0.15, 0.2) is 27.9 Å². The van der Waals surface area contributed by atoms with Crippen LogP contribution in [0.1, 0.15) is 53.8 Å². The van der Waals surface area contributed by atoms with Crippen molar-refractivity contribution in [3.05, 3.63) is 35.2 Å². The highest BCUT2D eigenvalue weighted by Gasteiger charge is 2.27. The lowest BCUT2D eigenvalue weighted by molar-refractivity contribution is 0.0946. The van der Waals surface area contributed by atoms with Gasteiger partial charge in [0.2, 0.25) is 11.6 Å². The van der Waals surface area contributed by atoms with Crippen LogP contribution in [0.2, 0.25) is 0 Å². The molecule has 0 unspecified atom stereocenters. The molecule has 3 aromatic rings. The van der Waals surface area contributed by atoms with E-state index in [0.29, 0.717) is 23.8 Å². The number of nitrogens with one attached hydrogen (secondary N) is 1. The SMILES string of the molecule is CN(Cc1c(C(=O)NN=Cc2ccc(O)cc2O)nnn1-c1nonc1N)C1CCCCC1. The van der Waals surface area contributed by atoms with Crippen molar-refractivity contribution in [2.75, 3.05) is 12.8 Å². The smallest absolute Gasteiger partial charge is 0.293 e. The van der Waals surface area contributed by atoms with Gasteiger partial charge in [0, 0.05) is 24.2 Å². The summed E-state index contributed by atoms with van der Waals surface area (Å²) in [5.74, 6) is -0.695. The lowest BCUT2D eigenvalue weighted by atomic mass is 9.94. The van der Waals surface area contributed by atoms with Crippen molar-refractivity contribution in [2.45, 2.75) is 44.7 Å². The van der Waals surface area contributed by atoms with Gasteiger partial charge in [0.15, 0.2) is 5.69 Å². The van der Waals surface area contributed by atoms with Gasteiger partial charge in [-0.1, -0.05) is 24.5 Å². The number of hydrogen-bond donors (Lipinski definition) is 4. The van der Waals surface area contributed by atoms with Crippen LogP contribution >= 0.6 is 0 Å². The molecular weight excluding hydrogens is 430 g/mol. The molecule has 174 valence electrons. The highest BCUT2D eigenvalue weighted by atomic mass is 16.6. The van der Waals surface area contributed by atoms with Gasteiger partial charge in [-0.25, -0.2) is 10.1 Å². The van der Waals surface area contributed by atoms with Gasteiger partial charge in [0.25, 0.3) is 5.91 Å². The van der Waals surface area contributed by atoms with Crippen molar-refractivity contribution >= 4 is 17.9 Å². The Balaban J connectivity index is 1.57. The fourth-order valence-corrected chi connectivity index (χ4v) is 3.87. The Morgan fingerprint density at radius 3 is 2.82 bits per heavy atom. The molecule has 5 N–H and O–H groups in total. The van der Waals surface area contributed by atoms with E-state index in [9.17, 15) is 15.0 Å². The first-order valence-electron chi connectivity index (χ1n) is 10.5. The minimum atomic E-state index is -0.599. The average Bonchev–Trinajstić information content (AvgIpc) is 3.41. The number of nitrogens with zero attached hydrogens (tertiary/aromatic N) is 7. The van der Waals surface area contributed by atoms with Crippen LogP contribution < -0.4 is 11.2 Å². The van der Waals surface area contributed by atoms with Gasteiger partial charge < -0.3 is 15.9 Å². The quantitative estimate of drug-likeness (QED) is 0.298. The van der Waals surface area contributed by atoms with Crippen molar-refractivity contribution in [1.82, 2.24) is 35.6 Å². The number of anilines is 1.